The highest BCUT2D eigenvalue weighted by Crippen LogP contribution is 2.41. The van der Waals surface area contributed by atoms with Gasteiger partial charge >= 0.3 is 6.18 Å². The van der Waals surface area contributed by atoms with Crippen LogP contribution >= 0.6 is 11.3 Å². The van der Waals surface area contributed by atoms with Crippen LogP contribution in [0.25, 0.3) is 11.1 Å². The zero-order valence-corrected chi connectivity index (χ0v) is 17.3. The largest absolute Gasteiger partial charge is 0.417 e. The maximum atomic E-state index is 13.7. The molecule has 2 aromatic carbocycles. The Kier molecular flexibility index (Phi) is 6.68. The summed E-state index contributed by atoms with van der Waals surface area (Å²) in [5.41, 5.74) is -1.87. The quantitative estimate of drug-likeness (QED) is 0.387. The number of azo groups is 1. The van der Waals surface area contributed by atoms with Crippen molar-refractivity contribution in [2.45, 2.75) is 24.0 Å². The monoisotopic (exact) mass is 468 g/mol. The third-order valence-electron chi connectivity index (χ3n) is 4.23. The van der Waals surface area contributed by atoms with Crippen LogP contribution in [0.3, 0.4) is 0 Å². The number of amides is 1. The van der Waals surface area contributed by atoms with E-state index in [0.29, 0.717) is 12.1 Å². The Morgan fingerprint density at radius 2 is 1.74 bits per heavy atom. The summed E-state index contributed by atoms with van der Waals surface area (Å²) in [5.74, 6) is -0.635. The smallest absolute Gasteiger partial charge is 0.282 e. The molecule has 1 aromatic heterocycles. The number of thiophene rings is 1. The van der Waals surface area contributed by atoms with Gasteiger partial charge in [-0.05, 0) is 29.1 Å². The number of nitrogens with zero attached hydrogens (tertiary/aromatic N) is 2. The number of carbonyl (C=O) groups is 1. The van der Waals surface area contributed by atoms with Crippen molar-refractivity contribution in [1.82, 2.24) is 0 Å². The predicted octanol–water partition coefficient (Wildman–Crippen LogP) is 5.40. The van der Waals surface area contributed by atoms with Crippen LogP contribution in [0.1, 0.15) is 16.0 Å². The van der Waals surface area contributed by atoms with Gasteiger partial charge in [0.15, 0.2) is 0 Å². The average Bonchev–Trinajstić information content (AvgIpc) is 3.19. The first-order valence-corrected chi connectivity index (χ1v) is 11.1. The van der Waals surface area contributed by atoms with E-state index in [0.717, 1.165) is 4.88 Å². The number of rotatable bonds is 6. The number of alkyl halides is 3. The molecule has 1 N–H and O–H groups in total. The molecule has 0 aliphatic carbocycles. The van der Waals surface area contributed by atoms with Gasteiger partial charge in [0, 0.05) is 16.0 Å². The van der Waals surface area contributed by atoms with E-state index in [1.807, 2.05) is 0 Å². The highest BCUT2D eigenvalue weighted by atomic mass is 32.2. The molecule has 0 unspecified atom stereocenters. The third kappa shape index (κ3) is 5.63. The Morgan fingerprint density at radius 3 is 2.32 bits per heavy atom. The Bertz CT molecular complexity index is 1210. The molecule has 0 atom stereocenters. The molecule has 3 aromatic rings. The zero-order valence-electron chi connectivity index (χ0n) is 15.7. The second-order valence-electron chi connectivity index (χ2n) is 6.35. The van der Waals surface area contributed by atoms with Crippen molar-refractivity contribution in [3.8, 4) is 11.1 Å². The van der Waals surface area contributed by atoms with Crippen LogP contribution in [0.5, 0.6) is 0 Å². The average molecular weight is 468 g/mol. The van der Waals surface area contributed by atoms with Crippen LogP contribution in [0.2, 0.25) is 0 Å². The second kappa shape index (κ2) is 9.08. The van der Waals surface area contributed by atoms with Crippen molar-refractivity contribution < 1.29 is 30.9 Å². The molecule has 0 bridgehead atoms. The molecule has 0 aliphatic heterocycles. The first kappa shape index (κ1) is 22.8. The summed E-state index contributed by atoms with van der Waals surface area (Å²) >= 11 is 1.33. The second-order valence-corrected chi connectivity index (χ2v) is 8.78. The Balaban J connectivity index is 2.09. The summed E-state index contributed by atoms with van der Waals surface area (Å²) in [6.07, 6.45) is -4.84. The molecule has 0 aliphatic rings. The maximum Gasteiger partial charge on any atom is 0.417 e. The maximum absolute atomic E-state index is 13.7. The minimum absolute atomic E-state index is 0.0412. The van der Waals surface area contributed by atoms with Gasteiger partial charge in [-0.25, -0.2) is 0 Å². The topological polar surface area (TPSA) is 96.2 Å². The fraction of sp³-hybridized carbons (Fsp3) is 0.150. The van der Waals surface area contributed by atoms with Crippen LogP contribution in [0, 0.1) is 0 Å². The summed E-state index contributed by atoms with van der Waals surface area (Å²) in [6.45, 7) is -0.653. The SMILES string of the molecule is O=C(Cc1cccs1)N=NCc1c(S(=O)(=O)O)ccc(C(F)(F)F)c1-c1ccccc1. The van der Waals surface area contributed by atoms with Gasteiger partial charge in [0.1, 0.15) is 0 Å². The molecule has 162 valence electrons. The van der Waals surface area contributed by atoms with E-state index < -0.39 is 50.3 Å². The minimum Gasteiger partial charge on any atom is -0.282 e. The minimum atomic E-state index is -4.87. The molecule has 31 heavy (non-hydrogen) atoms. The van der Waals surface area contributed by atoms with Crippen molar-refractivity contribution in [2.75, 3.05) is 0 Å². The van der Waals surface area contributed by atoms with E-state index in [2.05, 4.69) is 10.2 Å². The van der Waals surface area contributed by atoms with Crippen LogP contribution in [-0.4, -0.2) is 18.9 Å². The summed E-state index contributed by atoms with van der Waals surface area (Å²) in [5, 5.41) is 8.89. The molecular weight excluding hydrogens is 453 g/mol. The van der Waals surface area contributed by atoms with Gasteiger partial charge in [0.2, 0.25) is 0 Å². The Hall–Kier alpha value is -2.89. The zero-order chi connectivity index (χ0) is 22.6. The third-order valence-corrected chi connectivity index (χ3v) is 6.05. The van der Waals surface area contributed by atoms with Gasteiger partial charge in [-0.1, -0.05) is 36.4 Å². The summed E-state index contributed by atoms with van der Waals surface area (Å²) in [4.78, 5) is 12.0. The van der Waals surface area contributed by atoms with Crippen LogP contribution in [-0.2, 0) is 34.1 Å². The lowest BCUT2D eigenvalue weighted by molar-refractivity contribution is -0.137. The molecule has 1 heterocycles. The number of carbonyl (C=O) groups excluding carboxylic acids is 1. The fourth-order valence-electron chi connectivity index (χ4n) is 2.98. The van der Waals surface area contributed by atoms with Gasteiger partial charge in [-0.3, -0.25) is 9.35 Å². The Morgan fingerprint density at radius 1 is 1.03 bits per heavy atom. The van der Waals surface area contributed by atoms with Gasteiger partial charge in [0.25, 0.3) is 16.0 Å². The highest BCUT2D eigenvalue weighted by Gasteiger charge is 2.36. The molecule has 0 saturated carbocycles. The van der Waals surface area contributed by atoms with Crippen LogP contribution in [0.4, 0.5) is 13.2 Å². The summed E-state index contributed by atoms with van der Waals surface area (Å²) in [7, 11) is -4.87. The number of hydrogen-bond donors (Lipinski definition) is 1. The van der Waals surface area contributed by atoms with Crippen molar-refractivity contribution in [1.29, 1.82) is 0 Å². The molecule has 0 saturated heterocycles. The van der Waals surface area contributed by atoms with E-state index in [1.54, 1.807) is 23.6 Å². The van der Waals surface area contributed by atoms with E-state index in [-0.39, 0.29) is 12.0 Å². The van der Waals surface area contributed by atoms with Crippen LogP contribution < -0.4 is 0 Å². The fourth-order valence-corrected chi connectivity index (χ4v) is 4.39. The lowest BCUT2D eigenvalue weighted by Gasteiger charge is -2.18. The van der Waals surface area contributed by atoms with Crippen molar-refractivity contribution in [2.24, 2.45) is 10.2 Å². The molecule has 0 radical (unpaired) electrons. The number of halogens is 3. The summed E-state index contributed by atoms with van der Waals surface area (Å²) in [6, 6.07) is 12.0. The van der Waals surface area contributed by atoms with Gasteiger partial charge < -0.3 is 0 Å². The van der Waals surface area contributed by atoms with Crippen molar-refractivity contribution in [3.05, 3.63) is 76.0 Å². The van der Waals surface area contributed by atoms with Crippen molar-refractivity contribution in [3.63, 3.8) is 0 Å². The van der Waals surface area contributed by atoms with Crippen molar-refractivity contribution >= 4 is 27.4 Å². The van der Waals surface area contributed by atoms with Gasteiger partial charge in [0.05, 0.1) is 23.4 Å². The molecule has 11 heteroatoms. The lowest BCUT2D eigenvalue weighted by atomic mass is 9.94. The first-order chi connectivity index (χ1) is 14.6. The highest BCUT2D eigenvalue weighted by molar-refractivity contribution is 7.85. The number of hydrogen-bond acceptors (Lipinski definition) is 5. The van der Waals surface area contributed by atoms with Gasteiger partial charge in [-0.15, -0.1) is 16.5 Å². The standard InChI is InChI=1S/C20H15F3N2O4S2/c21-20(22,23)16-8-9-17(31(27,28)29)15(19(16)13-5-2-1-3-6-13)12-24-25-18(26)11-14-7-4-10-30-14/h1-10H,11-12H2,(H,27,28,29). The first-order valence-electron chi connectivity index (χ1n) is 8.76. The normalized spacial score (nSPS) is 12.4. The lowest BCUT2D eigenvalue weighted by Crippen LogP contribution is -2.13. The molecular formula is C20H15F3N2O4S2. The van der Waals surface area contributed by atoms with E-state index >= 15 is 0 Å². The van der Waals surface area contributed by atoms with Crippen LogP contribution in [0.15, 0.2) is 75.1 Å². The predicted molar refractivity (Wildman–Crippen MR) is 108 cm³/mol. The molecule has 3 rings (SSSR count). The van der Waals surface area contributed by atoms with Gasteiger partial charge in [-0.2, -0.15) is 26.7 Å². The summed E-state index contributed by atoms with van der Waals surface area (Å²) < 4.78 is 74.3. The Labute approximate surface area is 179 Å². The molecule has 1 amide bonds. The van der Waals surface area contributed by atoms with E-state index in [9.17, 15) is 30.9 Å². The molecule has 0 spiro atoms. The number of benzene rings is 2. The van der Waals surface area contributed by atoms with E-state index in [4.69, 9.17) is 0 Å². The molecule has 0 fully saturated rings. The molecule has 6 nitrogen and oxygen atoms in total. The van der Waals surface area contributed by atoms with E-state index in [1.165, 1.54) is 35.6 Å².